The van der Waals surface area contributed by atoms with Crippen LogP contribution in [0.5, 0.6) is 0 Å². The first-order valence-electron chi connectivity index (χ1n) is 12.1. The first-order chi connectivity index (χ1) is 16.9. The molecule has 2 amide bonds. The smallest absolute Gasteiger partial charge is 0.256 e. The number of carbonyl (C=O) groups excluding carboxylic acids is 2. The normalized spacial score (nSPS) is 13.1. The van der Waals surface area contributed by atoms with Gasteiger partial charge < -0.3 is 15.5 Å². The van der Waals surface area contributed by atoms with E-state index in [-0.39, 0.29) is 24.9 Å². The van der Waals surface area contributed by atoms with E-state index >= 15 is 0 Å². The van der Waals surface area contributed by atoms with Crippen LogP contribution in [-0.2, 0) is 29.7 Å². The summed E-state index contributed by atoms with van der Waals surface area (Å²) in [5.74, 6) is -0.212. The molecule has 2 aromatic carbocycles. The highest BCUT2D eigenvalue weighted by Gasteiger charge is 2.27. The maximum atomic E-state index is 13.2. The molecular weight excluding hydrogens is 442 g/mol. The van der Waals surface area contributed by atoms with Gasteiger partial charge in [-0.2, -0.15) is 5.10 Å². The van der Waals surface area contributed by atoms with Crippen molar-refractivity contribution in [1.82, 2.24) is 30.0 Å². The predicted octanol–water partition coefficient (Wildman–Crippen LogP) is 2.12. The van der Waals surface area contributed by atoms with Gasteiger partial charge in [0.25, 0.3) is 5.91 Å². The van der Waals surface area contributed by atoms with Crippen molar-refractivity contribution in [2.45, 2.75) is 26.9 Å². The van der Waals surface area contributed by atoms with E-state index in [2.05, 4.69) is 27.9 Å². The van der Waals surface area contributed by atoms with Gasteiger partial charge in [0, 0.05) is 57.5 Å². The number of hydrogen-bond donors (Lipinski definition) is 2. The Morgan fingerprint density at radius 3 is 2.51 bits per heavy atom. The minimum atomic E-state index is -0.111. The number of benzene rings is 2. The van der Waals surface area contributed by atoms with Crippen LogP contribution in [0.1, 0.15) is 23.6 Å². The number of likely N-dealkylation sites (N-methyl/N-ethyl adjacent to an activating group) is 2. The molecule has 0 saturated carbocycles. The van der Waals surface area contributed by atoms with Crippen molar-refractivity contribution in [2.75, 3.05) is 45.1 Å². The van der Waals surface area contributed by atoms with Crippen molar-refractivity contribution in [3.05, 3.63) is 59.3 Å². The summed E-state index contributed by atoms with van der Waals surface area (Å²) in [5.41, 5.74) is 5.30. The first kappa shape index (κ1) is 24.7. The van der Waals surface area contributed by atoms with Crippen LogP contribution < -0.4 is 10.6 Å². The number of hydrogen-bond acceptors (Lipinski definition) is 6. The number of carbonyl (C=O) groups is 2. The molecule has 2 N–H and O–H groups in total. The van der Waals surface area contributed by atoms with Crippen LogP contribution in [-0.4, -0.2) is 76.3 Å². The molecule has 4 rings (SSSR count). The molecule has 0 bridgehead atoms. The number of amides is 2. The highest BCUT2D eigenvalue weighted by molar-refractivity contribution is 5.88. The fourth-order valence-electron chi connectivity index (χ4n) is 4.41. The van der Waals surface area contributed by atoms with Crippen LogP contribution in [0.3, 0.4) is 0 Å². The highest BCUT2D eigenvalue weighted by Crippen LogP contribution is 2.24. The Balaban J connectivity index is 1.39. The minimum Gasteiger partial charge on any atom is -0.376 e. The minimum absolute atomic E-state index is 0.0376. The lowest BCUT2D eigenvalue weighted by Gasteiger charge is -2.31. The van der Waals surface area contributed by atoms with Gasteiger partial charge in [-0.15, -0.1) is 0 Å². The van der Waals surface area contributed by atoms with Gasteiger partial charge in [-0.25, -0.2) is 5.01 Å². The zero-order valence-corrected chi connectivity index (χ0v) is 21.0. The monoisotopic (exact) mass is 477 g/mol. The molecule has 0 spiro atoms. The molecule has 35 heavy (non-hydrogen) atoms. The summed E-state index contributed by atoms with van der Waals surface area (Å²) in [4.78, 5) is 28.0. The largest absolute Gasteiger partial charge is 0.376 e. The van der Waals surface area contributed by atoms with Crippen molar-refractivity contribution < 1.29 is 9.59 Å². The van der Waals surface area contributed by atoms with Gasteiger partial charge in [0.1, 0.15) is 6.54 Å². The Morgan fingerprint density at radius 2 is 1.83 bits per heavy atom. The van der Waals surface area contributed by atoms with Crippen LogP contribution in [0, 0.1) is 6.92 Å². The molecule has 2 heterocycles. The zero-order chi connectivity index (χ0) is 24.9. The van der Waals surface area contributed by atoms with E-state index in [0.29, 0.717) is 26.2 Å². The Bertz CT molecular complexity index is 1180. The Kier molecular flexibility index (Phi) is 7.67. The third-order valence-electron chi connectivity index (χ3n) is 6.49. The summed E-state index contributed by atoms with van der Waals surface area (Å²) in [6, 6.07) is 12.3. The number of aromatic nitrogens is 2. The van der Waals surface area contributed by atoms with E-state index in [9.17, 15) is 9.59 Å². The number of aryl methyl sites for hydroxylation is 2. The highest BCUT2D eigenvalue weighted by atomic mass is 16.2. The van der Waals surface area contributed by atoms with Gasteiger partial charge in [-0.3, -0.25) is 19.3 Å². The second-order valence-corrected chi connectivity index (χ2v) is 9.06. The Labute approximate surface area is 206 Å². The van der Waals surface area contributed by atoms with Crippen LogP contribution in [0.2, 0.25) is 0 Å². The second kappa shape index (κ2) is 10.9. The Hall–Kier alpha value is -3.43. The van der Waals surface area contributed by atoms with E-state index in [1.54, 1.807) is 21.6 Å². The summed E-state index contributed by atoms with van der Waals surface area (Å²) in [6.45, 7) is 7.48. The number of nitrogens with one attached hydrogen (secondary N) is 2. The average Bonchev–Trinajstić information content (AvgIpc) is 3.43. The Morgan fingerprint density at radius 1 is 1.11 bits per heavy atom. The number of rotatable bonds is 10. The van der Waals surface area contributed by atoms with Gasteiger partial charge in [0.15, 0.2) is 0 Å². The molecule has 1 aliphatic heterocycles. The summed E-state index contributed by atoms with van der Waals surface area (Å²) in [6.07, 6.45) is 1.95. The molecule has 9 heteroatoms. The van der Waals surface area contributed by atoms with E-state index in [1.165, 1.54) is 11.1 Å². The molecule has 1 aromatic heterocycles. The fourth-order valence-corrected chi connectivity index (χ4v) is 4.41. The van der Waals surface area contributed by atoms with Crippen molar-refractivity contribution in [3.8, 4) is 0 Å². The average molecular weight is 478 g/mol. The van der Waals surface area contributed by atoms with Gasteiger partial charge in [0.05, 0.1) is 12.1 Å². The zero-order valence-electron chi connectivity index (χ0n) is 21.0. The summed E-state index contributed by atoms with van der Waals surface area (Å²) in [5, 5.41) is 15.6. The van der Waals surface area contributed by atoms with Crippen molar-refractivity contribution >= 4 is 28.4 Å². The number of hydrazine groups is 1. The third-order valence-corrected chi connectivity index (χ3v) is 6.49. The molecule has 0 atom stereocenters. The molecular formula is C26H35N7O2. The lowest BCUT2D eigenvalue weighted by molar-refractivity contribution is -0.151. The van der Waals surface area contributed by atoms with Gasteiger partial charge >= 0.3 is 0 Å². The van der Waals surface area contributed by atoms with Crippen LogP contribution >= 0.6 is 0 Å². The van der Waals surface area contributed by atoms with Crippen molar-refractivity contribution in [3.63, 3.8) is 0 Å². The van der Waals surface area contributed by atoms with Crippen molar-refractivity contribution in [1.29, 1.82) is 0 Å². The van der Waals surface area contributed by atoms with Crippen molar-refractivity contribution in [2.24, 2.45) is 7.05 Å². The lowest BCUT2D eigenvalue weighted by Crippen LogP contribution is -2.49. The van der Waals surface area contributed by atoms with E-state index in [1.807, 2.05) is 56.4 Å². The number of nitrogens with zero attached hydrogens (tertiary/aromatic N) is 5. The molecule has 0 fully saturated rings. The van der Waals surface area contributed by atoms with E-state index in [4.69, 9.17) is 0 Å². The second-order valence-electron chi connectivity index (χ2n) is 9.06. The van der Waals surface area contributed by atoms with Gasteiger partial charge in [-0.05, 0) is 42.3 Å². The fraction of sp³-hybridized carbons (Fsp3) is 0.423. The molecule has 0 saturated heterocycles. The lowest BCUT2D eigenvalue weighted by atomic mass is 10.1. The maximum Gasteiger partial charge on any atom is 0.256 e. The molecule has 0 radical (unpaired) electrons. The summed E-state index contributed by atoms with van der Waals surface area (Å²) in [7, 11) is 3.68. The SMILES string of the molecule is CCNCCN(CC(=O)N(C)N1Cc2ccccc2C1)C(=O)CNc1cc2cn(C)nc2cc1C. The molecule has 1 aliphatic rings. The van der Waals surface area contributed by atoms with Crippen LogP contribution in [0.15, 0.2) is 42.6 Å². The third kappa shape index (κ3) is 5.80. The molecule has 9 nitrogen and oxygen atoms in total. The van der Waals surface area contributed by atoms with Crippen LogP contribution in [0.4, 0.5) is 5.69 Å². The quantitative estimate of drug-likeness (QED) is 0.435. The van der Waals surface area contributed by atoms with Gasteiger partial charge in [-0.1, -0.05) is 31.2 Å². The van der Waals surface area contributed by atoms with E-state index in [0.717, 1.165) is 28.7 Å². The first-order valence-corrected chi connectivity index (χ1v) is 12.1. The van der Waals surface area contributed by atoms with Crippen LogP contribution in [0.25, 0.3) is 10.9 Å². The number of fused-ring (bicyclic) bond motifs is 2. The van der Waals surface area contributed by atoms with E-state index < -0.39 is 0 Å². The molecule has 0 aliphatic carbocycles. The maximum absolute atomic E-state index is 13.2. The molecule has 3 aromatic rings. The standard InChI is InChI=1S/C26H35N7O2/c1-5-27-10-11-32(18-26(35)31(4)33-16-20-8-6-7-9-21(20)17-33)25(34)14-28-23-13-22-15-30(3)29-24(22)12-19(23)2/h6-9,12-13,15,27-28H,5,10-11,14,16-18H2,1-4H3. The molecule has 0 unspecified atom stereocenters. The van der Waals surface area contributed by atoms with Gasteiger partial charge in [0.2, 0.25) is 5.91 Å². The topological polar surface area (TPSA) is 85.7 Å². The summed E-state index contributed by atoms with van der Waals surface area (Å²) < 4.78 is 1.78. The predicted molar refractivity (Wildman–Crippen MR) is 138 cm³/mol. The number of anilines is 1. The molecule has 186 valence electrons. The summed E-state index contributed by atoms with van der Waals surface area (Å²) >= 11 is 0.